The molecule has 2 aromatic rings. The van der Waals surface area contributed by atoms with Gasteiger partial charge in [0.2, 0.25) is 5.88 Å². The number of benzene rings is 1. The number of esters is 1. The number of ether oxygens (including phenoxy) is 2. The number of carbonyl (C=O) groups is 3. The molecule has 9 nitrogen and oxygen atoms in total. The minimum absolute atomic E-state index is 0.124. The molecule has 130 valence electrons. The molecule has 0 saturated carbocycles. The molecule has 0 fully saturated rings. The van der Waals surface area contributed by atoms with Crippen molar-refractivity contribution in [2.45, 2.75) is 20.0 Å². The van der Waals surface area contributed by atoms with Gasteiger partial charge in [-0.15, -0.1) is 0 Å². The van der Waals surface area contributed by atoms with Crippen LogP contribution >= 0.6 is 0 Å². The van der Waals surface area contributed by atoms with Crippen molar-refractivity contribution in [1.29, 1.82) is 0 Å². The smallest absolute Gasteiger partial charge is 0.339 e. The van der Waals surface area contributed by atoms with Gasteiger partial charge in [-0.25, -0.2) is 4.79 Å². The second-order valence-electron chi connectivity index (χ2n) is 5.42. The highest BCUT2D eigenvalue weighted by atomic mass is 16.5. The van der Waals surface area contributed by atoms with Gasteiger partial charge in [0.1, 0.15) is 5.75 Å². The topological polar surface area (TPSA) is 120 Å². The molecule has 1 aromatic heterocycles. The second-order valence-corrected chi connectivity index (χ2v) is 5.42. The van der Waals surface area contributed by atoms with Crippen LogP contribution in [0.25, 0.3) is 0 Å². The van der Waals surface area contributed by atoms with Gasteiger partial charge >= 0.3 is 5.97 Å². The largest absolute Gasteiger partial charge is 0.482 e. The molecule has 2 heterocycles. The maximum atomic E-state index is 12.2. The number of amides is 2. The lowest BCUT2D eigenvalue weighted by Gasteiger charge is -2.18. The first-order chi connectivity index (χ1) is 11.9. The Morgan fingerprint density at radius 3 is 2.88 bits per heavy atom. The first-order valence-electron chi connectivity index (χ1n) is 7.44. The number of hydrogen-bond donors (Lipinski definition) is 2. The number of carbonyl (C=O) groups excluding carboxylic acids is 3. The number of nitrogens with zero attached hydrogens (tertiary/aromatic N) is 1. The predicted octanol–water partition coefficient (Wildman–Crippen LogP) is 1.50. The average Bonchev–Trinajstić information content (AvgIpc) is 2.99. The predicted molar refractivity (Wildman–Crippen MR) is 85.3 cm³/mol. The van der Waals surface area contributed by atoms with E-state index in [2.05, 4.69) is 15.8 Å². The van der Waals surface area contributed by atoms with Crippen LogP contribution in [0.1, 0.15) is 23.0 Å². The third-order valence-electron chi connectivity index (χ3n) is 3.38. The molecule has 1 atom stereocenters. The van der Waals surface area contributed by atoms with E-state index in [9.17, 15) is 14.4 Å². The fourth-order valence-electron chi connectivity index (χ4n) is 2.13. The Hall–Kier alpha value is -3.36. The Kier molecular flexibility index (Phi) is 4.38. The van der Waals surface area contributed by atoms with Gasteiger partial charge in [0.25, 0.3) is 11.8 Å². The summed E-state index contributed by atoms with van der Waals surface area (Å²) in [6.07, 6.45) is -1.05. The van der Waals surface area contributed by atoms with Crippen LogP contribution in [0.5, 0.6) is 5.75 Å². The van der Waals surface area contributed by atoms with Crippen molar-refractivity contribution in [2.24, 2.45) is 0 Å². The van der Waals surface area contributed by atoms with Crippen LogP contribution in [-0.2, 0) is 14.3 Å². The highest BCUT2D eigenvalue weighted by Crippen LogP contribution is 2.28. The molecule has 0 saturated heterocycles. The minimum atomic E-state index is -1.05. The number of anilines is 2. The summed E-state index contributed by atoms with van der Waals surface area (Å²) >= 11 is 0. The molecule has 2 N–H and O–H groups in total. The van der Waals surface area contributed by atoms with Gasteiger partial charge in [0.05, 0.1) is 16.9 Å². The summed E-state index contributed by atoms with van der Waals surface area (Å²) in [6.45, 7) is 3.02. The average molecular weight is 345 g/mol. The molecule has 9 heteroatoms. The highest BCUT2D eigenvalue weighted by Gasteiger charge is 2.22. The van der Waals surface area contributed by atoms with Crippen molar-refractivity contribution in [3.63, 3.8) is 0 Å². The molecule has 2 amide bonds. The summed E-state index contributed by atoms with van der Waals surface area (Å²) in [7, 11) is 0. The maximum absolute atomic E-state index is 12.2. The highest BCUT2D eigenvalue weighted by molar-refractivity contribution is 5.99. The quantitative estimate of drug-likeness (QED) is 0.806. The lowest BCUT2D eigenvalue weighted by atomic mass is 10.1. The molecule has 1 aliphatic rings. The number of nitrogens with one attached hydrogen (secondary N) is 2. The molecule has 0 aliphatic carbocycles. The van der Waals surface area contributed by atoms with E-state index in [1.165, 1.54) is 25.1 Å². The number of fused-ring (bicyclic) bond motifs is 1. The van der Waals surface area contributed by atoms with Crippen LogP contribution in [0.2, 0.25) is 0 Å². The summed E-state index contributed by atoms with van der Waals surface area (Å²) in [6, 6.07) is 5.99. The standard InChI is InChI=1S/C16H15N3O6/c1-8-5-14(25-19-8)18-15(21)9(2)24-16(22)10-3-4-11-12(6-10)23-7-13(20)17-11/h3-6,9H,7H2,1-2H3,(H,17,20)(H,18,21)/t9-/m0/s1. The Bertz CT molecular complexity index is 844. The Labute approximate surface area is 142 Å². The fourth-order valence-corrected chi connectivity index (χ4v) is 2.13. The zero-order valence-electron chi connectivity index (χ0n) is 13.5. The van der Waals surface area contributed by atoms with Crippen LogP contribution in [0.4, 0.5) is 11.6 Å². The molecule has 0 spiro atoms. The lowest BCUT2D eigenvalue weighted by Crippen LogP contribution is -2.30. The molecule has 1 aliphatic heterocycles. The van der Waals surface area contributed by atoms with Crippen molar-refractivity contribution in [3.05, 3.63) is 35.5 Å². The minimum Gasteiger partial charge on any atom is -0.482 e. The van der Waals surface area contributed by atoms with E-state index in [1.54, 1.807) is 13.0 Å². The van der Waals surface area contributed by atoms with Crippen molar-refractivity contribution in [3.8, 4) is 5.75 Å². The molecule has 0 radical (unpaired) electrons. The van der Waals surface area contributed by atoms with Gasteiger partial charge in [-0.1, -0.05) is 5.16 Å². The molecule has 0 bridgehead atoms. The lowest BCUT2D eigenvalue weighted by molar-refractivity contribution is -0.124. The maximum Gasteiger partial charge on any atom is 0.339 e. The van der Waals surface area contributed by atoms with E-state index >= 15 is 0 Å². The van der Waals surface area contributed by atoms with Crippen molar-refractivity contribution in [2.75, 3.05) is 17.2 Å². The Morgan fingerprint density at radius 1 is 1.36 bits per heavy atom. The van der Waals surface area contributed by atoms with Crippen LogP contribution in [0.15, 0.2) is 28.8 Å². The summed E-state index contributed by atoms with van der Waals surface area (Å²) in [5.74, 6) is -0.979. The SMILES string of the molecule is Cc1cc(NC(=O)[C@H](C)OC(=O)c2ccc3c(c2)OCC(=O)N3)on1. The van der Waals surface area contributed by atoms with Gasteiger partial charge in [0, 0.05) is 6.07 Å². The van der Waals surface area contributed by atoms with E-state index in [4.69, 9.17) is 14.0 Å². The van der Waals surface area contributed by atoms with E-state index in [-0.39, 0.29) is 24.0 Å². The molecular formula is C16H15N3O6. The van der Waals surface area contributed by atoms with Crippen LogP contribution in [0, 0.1) is 6.92 Å². The first-order valence-corrected chi connectivity index (χ1v) is 7.44. The van der Waals surface area contributed by atoms with Gasteiger partial charge < -0.3 is 19.3 Å². The van der Waals surface area contributed by atoms with Gasteiger partial charge in [-0.2, -0.15) is 0 Å². The van der Waals surface area contributed by atoms with E-state index < -0.39 is 18.0 Å². The summed E-state index contributed by atoms with van der Waals surface area (Å²) in [4.78, 5) is 35.4. The van der Waals surface area contributed by atoms with Crippen LogP contribution < -0.4 is 15.4 Å². The molecule has 0 unspecified atom stereocenters. The van der Waals surface area contributed by atoms with Crippen molar-refractivity contribution in [1.82, 2.24) is 5.16 Å². The number of aryl methyl sites for hydroxylation is 1. The Morgan fingerprint density at radius 2 is 2.16 bits per heavy atom. The number of hydrogen-bond acceptors (Lipinski definition) is 7. The Balaban J connectivity index is 1.63. The zero-order valence-corrected chi connectivity index (χ0v) is 13.5. The summed E-state index contributed by atoms with van der Waals surface area (Å²) in [5.41, 5.74) is 1.28. The first kappa shape index (κ1) is 16.5. The molecule has 25 heavy (non-hydrogen) atoms. The van der Waals surface area contributed by atoms with Gasteiger partial charge in [-0.3, -0.25) is 14.9 Å². The normalized spacial score (nSPS) is 13.9. The zero-order chi connectivity index (χ0) is 18.0. The van der Waals surface area contributed by atoms with E-state index in [0.717, 1.165) is 0 Å². The second kappa shape index (κ2) is 6.63. The van der Waals surface area contributed by atoms with Gasteiger partial charge in [0.15, 0.2) is 12.7 Å². The third-order valence-corrected chi connectivity index (χ3v) is 3.38. The van der Waals surface area contributed by atoms with Crippen LogP contribution in [-0.4, -0.2) is 35.7 Å². The monoisotopic (exact) mass is 345 g/mol. The summed E-state index contributed by atoms with van der Waals surface area (Å²) in [5, 5.41) is 8.72. The van der Waals surface area contributed by atoms with Crippen molar-refractivity contribution < 1.29 is 28.4 Å². The van der Waals surface area contributed by atoms with E-state index in [1.807, 2.05) is 0 Å². The molecule has 1 aromatic carbocycles. The molecular weight excluding hydrogens is 330 g/mol. The van der Waals surface area contributed by atoms with E-state index in [0.29, 0.717) is 17.1 Å². The fraction of sp³-hybridized carbons (Fsp3) is 0.250. The number of rotatable bonds is 4. The van der Waals surface area contributed by atoms with Gasteiger partial charge in [-0.05, 0) is 32.0 Å². The third kappa shape index (κ3) is 3.77. The summed E-state index contributed by atoms with van der Waals surface area (Å²) < 4.78 is 15.2. The van der Waals surface area contributed by atoms with Crippen molar-refractivity contribution >= 4 is 29.4 Å². The van der Waals surface area contributed by atoms with Crippen LogP contribution in [0.3, 0.4) is 0 Å². The molecule has 3 rings (SSSR count). The number of aromatic nitrogens is 1.